The number of carbonyl (C=O) groups is 1. The minimum atomic E-state index is -0.219. The molecule has 0 bridgehead atoms. The number of rotatable bonds is 3. The SMILES string of the molecule is Cc1occc1C(=O)N(C)C(C)c1ccccc1O. The van der Waals surface area contributed by atoms with Gasteiger partial charge in [0.05, 0.1) is 17.9 Å². The van der Waals surface area contributed by atoms with Crippen molar-refractivity contribution in [1.82, 2.24) is 4.90 Å². The topological polar surface area (TPSA) is 53.7 Å². The number of aromatic hydroxyl groups is 1. The zero-order valence-corrected chi connectivity index (χ0v) is 11.3. The maximum Gasteiger partial charge on any atom is 0.257 e. The summed E-state index contributed by atoms with van der Waals surface area (Å²) in [6.45, 7) is 3.63. The molecule has 1 aromatic heterocycles. The zero-order valence-electron chi connectivity index (χ0n) is 11.3. The van der Waals surface area contributed by atoms with E-state index in [0.29, 0.717) is 11.3 Å². The van der Waals surface area contributed by atoms with Gasteiger partial charge in [0.15, 0.2) is 0 Å². The molecule has 0 spiro atoms. The van der Waals surface area contributed by atoms with E-state index in [1.54, 1.807) is 37.1 Å². The minimum absolute atomic E-state index is 0.123. The van der Waals surface area contributed by atoms with E-state index < -0.39 is 0 Å². The molecule has 0 aliphatic heterocycles. The molecule has 100 valence electrons. The number of phenols is 1. The van der Waals surface area contributed by atoms with Crippen LogP contribution in [0.4, 0.5) is 0 Å². The Kier molecular flexibility index (Phi) is 3.60. The molecule has 0 aliphatic rings. The van der Waals surface area contributed by atoms with Crippen LogP contribution in [0.15, 0.2) is 41.0 Å². The number of nitrogens with zero attached hydrogens (tertiary/aromatic N) is 1. The molecule has 0 aliphatic carbocycles. The van der Waals surface area contributed by atoms with E-state index in [-0.39, 0.29) is 17.7 Å². The molecule has 2 aromatic rings. The van der Waals surface area contributed by atoms with Crippen molar-refractivity contribution < 1.29 is 14.3 Å². The number of hydrogen-bond acceptors (Lipinski definition) is 3. The first-order chi connectivity index (χ1) is 9.02. The molecule has 4 heteroatoms. The molecule has 4 nitrogen and oxygen atoms in total. The lowest BCUT2D eigenvalue weighted by Gasteiger charge is -2.25. The number of aryl methyl sites for hydroxylation is 1. The van der Waals surface area contributed by atoms with Crippen molar-refractivity contribution in [3.63, 3.8) is 0 Å². The quantitative estimate of drug-likeness (QED) is 0.921. The first-order valence-electron chi connectivity index (χ1n) is 6.11. The molecule has 1 aromatic carbocycles. The number of para-hydroxylation sites is 1. The maximum absolute atomic E-state index is 12.3. The second kappa shape index (κ2) is 5.18. The predicted molar refractivity (Wildman–Crippen MR) is 72.1 cm³/mol. The lowest BCUT2D eigenvalue weighted by Crippen LogP contribution is -2.29. The van der Waals surface area contributed by atoms with Gasteiger partial charge >= 0.3 is 0 Å². The number of benzene rings is 1. The highest BCUT2D eigenvalue weighted by Gasteiger charge is 2.22. The molecule has 1 heterocycles. The molecule has 0 radical (unpaired) electrons. The summed E-state index contributed by atoms with van der Waals surface area (Å²) in [7, 11) is 1.71. The average molecular weight is 259 g/mol. The van der Waals surface area contributed by atoms with Crippen LogP contribution >= 0.6 is 0 Å². The molecule has 0 saturated carbocycles. The fraction of sp³-hybridized carbons (Fsp3) is 0.267. The van der Waals surface area contributed by atoms with E-state index in [2.05, 4.69) is 0 Å². The summed E-state index contributed by atoms with van der Waals surface area (Å²) in [5.74, 6) is 0.668. The third-order valence-electron chi connectivity index (χ3n) is 3.38. The Morgan fingerprint density at radius 2 is 2.00 bits per heavy atom. The van der Waals surface area contributed by atoms with Crippen LogP contribution in [0.25, 0.3) is 0 Å². The lowest BCUT2D eigenvalue weighted by atomic mass is 10.1. The largest absolute Gasteiger partial charge is 0.508 e. The summed E-state index contributed by atoms with van der Waals surface area (Å²) in [5, 5.41) is 9.84. The van der Waals surface area contributed by atoms with Crippen LogP contribution in [0, 0.1) is 6.92 Å². The number of amides is 1. The maximum atomic E-state index is 12.3. The number of hydrogen-bond donors (Lipinski definition) is 1. The van der Waals surface area contributed by atoms with Gasteiger partial charge < -0.3 is 14.4 Å². The molecule has 19 heavy (non-hydrogen) atoms. The molecule has 1 unspecified atom stereocenters. The van der Waals surface area contributed by atoms with E-state index in [0.717, 1.165) is 5.56 Å². The first kappa shape index (κ1) is 13.2. The van der Waals surface area contributed by atoms with Gasteiger partial charge in [-0.2, -0.15) is 0 Å². The van der Waals surface area contributed by atoms with E-state index in [9.17, 15) is 9.90 Å². The van der Waals surface area contributed by atoms with Gasteiger partial charge in [-0.25, -0.2) is 0 Å². The molecule has 1 atom stereocenters. The summed E-state index contributed by atoms with van der Waals surface area (Å²) in [4.78, 5) is 13.9. The molecule has 0 saturated heterocycles. The van der Waals surface area contributed by atoms with Gasteiger partial charge in [0.1, 0.15) is 11.5 Å². The second-order valence-electron chi connectivity index (χ2n) is 4.54. The first-order valence-corrected chi connectivity index (χ1v) is 6.11. The van der Waals surface area contributed by atoms with Crippen LogP contribution < -0.4 is 0 Å². The van der Waals surface area contributed by atoms with E-state index in [4.69, 9.17) is 4.42 Å². The smallest absolute Gasteiger partial charge is 0.257 e. The lowest BCUT2D eigenvalue weighted by molar-refractivity contribution is 0.0739. The van der Waals surface area contributed by atoms with Crippen molar-refractivity contribution in [3.8, 4) is 5.75 Å². The van der Waals surface area contributed by atoms with Crippen molar-refractivity contribution in [2.45, 2.75) is 19.9 Å². The predicted octanol–water partition coefficient (Wildman–Crippen LogP) is 3.13. The zero-order chi connectivity index (χ0) is 14.0. The van der Waals surface area contributed by atoms with Crippen molar-refractivity contribution in [2.75, 3.05) is 7.05 Å². The molecular formula is C15H17NO3. The highest BCUT2D eigenvalue weighted by atomic mass is 16.3. The summed E-state index contributed by atoms with van der Waals surface area (Å²) in [6.07, 6.45) is 1.50. The van der Waals surface area contributed by atoms with Crippen molar-refractivity contribution >= 4 is 5.91 Å². The summed E-state index contributed by atoms with van der Waals surface area (Å²) >= 11 is 0. The van der Waals surface area contributed by atoms with Gasteiger partial charge in [0.25, 0.3) is 5.91 Å². The Hall–Kier alpha value is -2.23. The molecule has 1 amide bonds. The molecular weight excluding hydrogens is 242 g/mol. The fourth-order valence-corrected chi connectivity index (χ4v) is 2.02. The Bertz CT molecular complexity index is 589. The standard InChI is InChI=1S/C15H17NO3/c1-10(12-6-4-5-7-14(12)17)16(3)15(18)13-8-9-19-11(13)2/h4-10,17H,1-3H3. The van der Waals surface area contributed by atoms with Crippen molar-refractivity contribution in [2.24, 2.45) is 0 Å². The molecule has 0 fully saturated rings. The number of carbonyl (C=O) groups excluding carboxylic acids is 1. The average Bonchev–Trinajstić information content (AvgIpc) is 2.83. The van der Waals surface area contributed by atoms with Crippen LogP contribution in [0.3, 0.4) is 0 Å². The highest BCUT2D eigenvalue weighted by molar-refractivity contribution is 5.95. The van der Waals surface area contributed by atoms with E-state index in [1.165, 1.54) is 6.26 Å². The normalized spacial score (nSPS) is 12.2. The Morgan fingerprint density at radius 1 is 1.32 bits per heavy atom. The van der Waals surface area contributed by atoms with Crippen molar-refractivity contribution in [1.29, 1.82) is 0 Å². The van der Waals surface area contributed by atoms with Crippen LogP contribution in [-0.2, 0) is 0 Å². The fourth-order valence-electron chi connectivity index (χ4n) is 2.02. The molecule has 1 N–H and O–H groups in total. The Labute approximate surface area is 112 Å². The third-order valence-corrected chi connectivity index (χ3v) is 3.38. The summed E-state index contributed by atoms with van der Waals surface area (Å²) in [6, 6.07) is 8.47. The minimum Gasteiger partial charge on any atom is -0.508 e. The summed E-state index contributed by atoms with van der Waals surface area (Å²) < 4.78 is 5.15. The summed E-state index contributed by atoms with van der Waals surface area (Å²) in [5.41, 5.74) is 1.27. The van der Waals surface area contributed by atoms with Gasteiger partial charge in [-0.15, -0.1) is 0 Å². The number of furan rings is 1. The highest BCUT2D eigenvalue weighted by Crippen LogP contribution is 2.28. The second-order valence-corrected chi connectivity index (χ2v) is 4.54. The monoisotopic (exact) mass is 259 g/mol. The van der Waals surface area contributed by atoms with Gasteiger partial charge in [-0.1, -0.05) is 18.2 Å². The van der Waals surface area contributed by atoms with E-state index >= 15 is 0 Å². The van der Waals surface area contributed by atoms with Crippen LogP contribution in [-0.4, -0.2) is 23.0 Å². The third kappa shape index (κ3) is 2.47. The van der Waals surface area contributed by atoms with Gasteiger partial charge in [-0.3, -0.25) is 4.79 Å². The molecule has 2 rings (SSSR count). The number of phenolic OH excluding ortho intramolecular Hbond substituents is 1. The van der Waals surface area contributed by atoms with Crippen LogP contribution in [0.1, 0.15) is 34.6 Å². The van der Waals surface area contributed by atoms with Gasteiger partial charge in [0.2, 0.25) is 0 Å². The Morgan fingerprint density at radius 3 is 2.58 bits per heavy atom. The van der Waals surface area contributed by atoms with E-state index in [1.807, 2.05) is 19.1 Å². The Balaban J connectivity index is 2.25. The van der Waals surface area contributed by atoms with Crippen LogP contribution in [0.2, 0.25) is 0 Å². The van der Waals surface area contributed by atoms with Gasteiger partial charge in [0, 0.05) is 12.6 Å². The van der Waals surface area contributed by atoms with Crippen molar-refractivity contribution in [3.05, 3.63) is 53.5 Å². The van der Waals surface area contributed by atoms with Crippen LogP contribution in [0.5, 0.6) is 5.75 Å². The van der Waals surface area contributed by atoms with Gasteiger partial charge in [-0.05, 0) is 26.0 Å².